The summed E-state index contributed by atoms with van der Waals surface area (Å²) < 4.78 is 0. The SMILES string of the molecule is C=CCN1C(=O)CNC(=O)C1Cc1ccccc1. The summed E-state index contributed by atoms with van der Waals surface area (Å²) in [6.45, 7) is 4.12. The van der Waals surface area contributed by atoms with Gasteiger partial charge in [0, 0.05) is 13.0 Å². The molecule has 1 N–H and O–H groups in total. The second kappa shape index (κ2) is 5.49. The number of piperazine rings is 1. The lowest BCUT2D eigenvalue weighted by atomic mass is 10.0. The standard InChI is InChI=1S/C14H16N2O2/c1-2-8-16-12(14(18)15-10-13(16)17)9-11-6-4-3-5-7-11/h2-7,12H,1,8-10H2,(H,15,18). The van der Waals surface area contributed by atoms with Crippen molar-refractivity contribution in [2.45, 2.75) is 12.5 Å². The van der Waals surface area contributed by atoms with Gasteiger partial charge in [-0.15, -0.1) is 6.58 Å². The molecule has 1 saturated heterocycles. The minimum Gasteiger partial charge on any atom is -0.345 e. The molecule has 18 heavy (non-hydrogen) atoms. The maximum atomic E-state index is 11.9. The van der Waals surface area contributed by atoms with Crippen molar-refractivity contribution in [1.29, 1.82) is 0 Å². The second-order valence-electron chi connectivity index (χ2n) is 4.26. The molecule has 0 spiro atoms. The summed E-state index contributed by atoms with van der Waals surface area (Å²) in [7, 11) is 0. The van der Waals surface area contributed by atoms with Crippen LogP contribution >= 0.6 is 0 Å². The Labute approximate surface area is 106 Å². The first-order chi connectivity index (χ1) is 8.72. The molecule has 2 rings (SSSR count). The monoisotopic (exact) mass is 244 g/mol. The summed E-state index contributed by atoms with van der Waals surface area (Å²) in [6, 6.07) is 9.26. The van der Waals surface area contributed by atoms with Gasteiger partial charge < -0.3 is 10.2 Å². The van der Waals surface area contributed by atoms with Crippen LogP contribution in [-0.4, -0.2) is 35.8 Å². The third-order valence-electron chi connectivity index (χ3n) is 3.01. The molecular formula is C14H16N2O2. The van der Waals surface area contributed by atoms with Crippen molar-refractivity contribution in [3.05, 3.63) is 48.6 Å². The predicted octanol–water partition coefficient (Wildman–Crippen LogP) is 0.742. The van der Waals surface area contributed by atoms with Gasteiger partial charge in [0.2, 0.25) is 11.8 Å². The molecule has 1 aromatic rings. The van der Waals surface area contributed by atoms with Crippen LogP contribution in [0.4, 0.5) is 0 Å². The van der Waals surface area contributed by atoms with Crippen molar-refractivity contribution in [2.24, 2.45) is 0 Å². The molecule has 1 aliphatic heterocycles. The number of carbonyl (C=O) groups is 2. The van der Waals surface area contributed by atoms with Crippen molar-refractivity contribution < 1.29 is 9.59 Å². The van der Waals surface area contributed by atoms with Crippen molar-refractivity contribution in [2.75, 3.05) is 13.1 Å². The number of nitrogens with one attached hydrogen (secondary N) is 1. The number of carbonyl (C=O) groups excluding carboxylic acids is 2. The summed E-state index contributed by atoms with van der Waals surface area (Å²) in [5, 5.41) is 2.63. The van der Waals surface area contributed by atoms with Crippen LogP contribution in [0.5, 0.6) is 0 Å². The highest BCUT2D eigenvalue weighted by Gasteiger charge is 2.33. The molecule has 1 fully saturated rings. The van der Waals surface area contributed by atoms with Crippen molar-refractivity contribution in [1.82, 2.24) is 10.2 Å². The Balaban J connectivity index is 2.18. The van der Waals surface area contributed by atoms with E-state index in [2.05, 4.69) is 11.9 Å². The van der Waals surface area contributed by atoms with Crippen LogP contribution in [-0.2, 0) is 16.0 Å². The van der Waals surface area contributed by atoms with E-state index >= 15 is 0 Å². The van der Waals surface area contributed by atoms with Gasteiger partial charge in [0.25, 0.3) is 0 Å². The lowest BCUT2D eigenvalue weighted by molar-refractivity contribution is -0.144. The van der Waals surface area contributed by atoms with Crippen LogP contribution in [0.15, 0.2) is 43.0 Å². The molecule has 0 bridgehead atoms. The van der Waals surface area contributed by atoms with Gasteiger partial charge >= 0.3 is 0 Å². The largest absolute Gasteiger partial charge is 0.345 e. The highest BCUT2D eigenvalue weighted by atomic mass is 16.2. The quantitative estimate of drug-likeness (QED) is 0.794. The normalized spacial score (nSPS) is 19.6. The van der Waals surface area contributed by atoms with E-state index in [9.17, 15) is 9.59 Å². The van der Waals surface area contributed by atoms with E-state index in [1.807, 2.05) is 30.3 Å². The number of rotatable bonds is 4. The Morgan fingerprint density at radius 3 is 2.72 bits per heavy atom. The molecule has 4 heteroatoms. The van der Waals surface area contributed by atoms with Crippen LogP contribution in [0.3, 0.4) is 0 Å². The predicted molar refractivity (Wildman–Crippen MR) is 68.9 cm³/mol. The van der Waals surface area contributed by atoms with E-state index in [-0.39, 0.29) is 18.4 Å². The molecule has 1 heterocycles. The molecule has 2 amide bonds. The van der Waals surface area contributed by atoms with E-state index in [1.54, 1.807) is 11.0 Å². The fraction of sp³-hybridized carbons (Fsp3) is 0.286. The van der Waals surface area contributed by atoms with Gasteiger partial charge in [-0.25, -0.2) is 0 Å². The van der Waals surface area contributed by atoms with Crippen LogP contribution in [0.25, 0.3) is 0 Å². The van der Waals surface area contributed by atoms with E-state index < -0.39 is 6.04 Å². The minimum atomic E-state index is -0.438. The molecule has 0 saturated carbocycles. The number of hydrogen-bond donors (Lipinski definition) is 1. The molecule has 0 aromatic heterocycles. The molecule has 1 aliphatic rings. The van der Waals surface area contributed by atoms with Crippen molar-refractivity contribution in [3.8, 4) is 0 Å². The minimum absolute atomic E-state index is 0.0598. The van der Waals surface area contributed by atoms with E-state index in [4.69, 9.17) is 0 Å². The Hall–Kier alpha value is -2.10. The van der Waals surface area contributed by atoms with Gasteiger partial charge in [0.1, 0.15) is 6.04 Å². The number of nitrogens with zero attached hydrogens (tertiary/aromatic N) is 1. The third-order valence-corrected chi connectivity index (χ3v) is 3.01. The Bertz CT molecular complexity index is 456. The van der Waals surface area contributed by atoms with Gasteiger partial charge in [-0.3, -0.25) is 9.59 Å². The highest BCUT2D eigenvalue weighted by molar-refractivity contribution is 5.95. The summed E-state index contributed by atoms with van der Waals surface area (Å²) in [6.07, 6.45) is 2.18. The Morgan fingerprint density at radius 2 is 2.06 bits per heavy atom. The summed E-state index contributed by atoms with van der Waals surface area (Å²) in [4.78, 5) is 25.3. The summed E-state index contributed by atoms with van der Waals surface area (Å²) in [5.41, 5.74) is 1.04. The lowest BCUT2D eigenvalue weighted by Gasteiger charge is -2.34. The molecule has 94 valence electrons. The molecule has 1 atom stereocenters. The van der Waals surface area contributed by atoms with Crippen LogP contribution in [0, 0.1) is 0 Å². The van der Waals surface area contributed by atoms with Gasteiger partial charge in [-0.2, -0.15) is 0 Å². The first-order valence-electron chi connectivity index (χ1n) is 5.94. The molecule has 1 aromatic carbocycles. The average Bonchev–Trinajstić information content (AvgIpc) is 2.39. The second-order valence-corrected chi connectivity index (χ2v) is 4.26. The van der Waals surface area contributed by atoms with Gasteiger partial charge in [-0.05, 0) is 5.56 Å². The smallest absolute Gasteiger partial charge is 0.243 e. The zero-order valence-electron chi connectivity index (χ0n) is 10.1. The molecular weight excluding hydrogens is 228 g/mol. The summed E-state index contributed by atoms with van der Waals surface area (Å²) in [5.74, 6) is -0.157. The van der Waals surface area contributed by atoms with E-state index in [0.717, 1.165) is 5.56 Å². The number of benzene rings is 1. The topological polar surface area (TPSA) is 49.4 Å². The van der Waals surface area contributed by atoms with Crippen LogP contribution in [0.1, 0.15) is 5.56 Å². The molecule has 0 aliphatic carbocycles. The fourth-order valence-electron chi connectivity index (χ4n) is 2.11. The van der Waals surface area contributed by atoms with Gasteiger partial charge in [0.15, 0.2) is 0 Å². The molecule has 1 unspecified atom stereocenters. The number of hydrogen-bond acceptors (Lipinski definition) is 2. The van der Waals surface area contributed by atoms with Gasteiger partial charge in [0.05, 0.1) is 6.54 Å². The van der Waals surface area contributed by atoms with Gasteiger partial charge in [-0.1, -0.05) is 36.4 Å². The zero-order chi connectivity index (χ0) is 13.0. The third kappa shape index (κ3) is 2.59. The van der Waals surface area contributed by atoms with E-state index in [0.29, 0.717) is 13.0 Å². The van der Waals surface area contributed by atoms with Crippen LogP contribution < -0.4 is 5.32 Å². The van der Waals surface area contributed by atoms with Crippen LogP contribution in [0.2, 0.25) is 0 Å². The average molecular weight is 244 g/mol. The first-order valence-corrected chi connectivity index (χ1v) is 5.94. The first kappa shape index (κ1) is 12.4. The zero-order valence-corrected chi connectivity index (χ0v) is 10.1. The molecule has 4 nitrogen and oxygen atoms in total. The van der Waals surface area contributed by atoms with Crippen molar-refractivity contribution >= 4 is 11.8 Å². The maximum absolute atomic E-state index is 11.9. The fourth-order valence-corrected chi connectivity index (χ4v) is 2.11. The van der Waals surface area contributed by atoms with Crippen molar-refractivity contribution in [3.63, 3.8) is 0 Å². The maximum Gasteiger partial charge on any atom is 0.243 e. The molecule has 0 radical (unpaired) electrons. The summed E-state index contributed by atoms with van der Waals surface area (Å²) >= 11 is 0. The lowest BCUT2D eigenvalue weighted by Crippen LogP contribution is -2.59. The Morgan fingerprint density at radius 1 is 1.33 bits per heavy atom. The van der Waals surface area contributed by atoms with E-state index in [1.165, 1.54) is 0 Å². The number of amides is 2. The Kier molecular flexibility index (Phi) is 3.77. The highest BCUT2D eigenvalue weighted by Crippen LogP contribution is 2.12.